The van der Waals surface area contributed by atoms with Crippen LogP contribution in [0.5, 0.6) is 0 Å². The summed E-state index contributed by atoms with van der Waals surface area (Å²) in [5, 5.41) is 0. The summed E-state index contributed by atoms with van der Waals surface area (Å²) in [4.78, 5) is 25.2. The Kier molecular flexibility index (Phi) is 8.31. The number of allylic oxidation sites excluding steroid dienone is 5. The fourth-order valence-corrected chi connectivity index (χ4v) is 3.32. The molecule has 168 valence electrons. The van der Waals surface area contributed by atoms with Gasteiger partial charge in [-0.15, -0.1) is 0 Å². The van der Waals surface area contributed by atoms with Gasteiger partial charge in [0.15, 0.2) is 5.82 Å². The summed E-state index contributed by atoms with van der Waals surface area (Å²) in [6, 6.07) is 2.03. The standard InChI is InChI=1S/C26H31N3O3/c1-5-19-8-7-9-24(31-6-2)21(10-19)11-20-12-22(14-27-13-20)25-28-15-23(16-29-25)26(30)32-17-18(3)4/h7-10,12-16,18-19H,5-6,11,17H2,1-4H3. The highest BCUT2D eigenvalue weighted by Crippen LogP contribution is 2.25. The van der Waals surface area contributed by atoms with Gasteiger partial charge in [-0.2, -0.15) is 0 Å². The van der Waals surface area contributed by atoms with Crippen LogP contribution in [0, 0.1) is 11.8 Å². The van der Waals surface area contributed by atoms with Crippen molar-refractivity contribution in [3.63, 3.8) is 0 Å². The number of carbonyl (C=O) groups excluding carboxylic acids is 1. The average Bonchev–Trinajstić information content (AvgIpc) is 3.00. The Morgan fingerprint density at radius 1 is 1.12 bits per heavy atom. The van der Waals surface area contributed by atoms with Crippen LogP contribution in [0.15, 0.2) is 66.5 Å². The van der Waals surface area contributed by atoms with Crippen LogP contribution in [0.2, 0.25) is 0 Å². The maximum Gasteiger partial charge on any atom is 0.341 e. The topological polar surface area (TPSA) is 74.2 Å². The molecule has 2 aromatic rings. The molecule has 0 aliphatic heterocycles. The third kappa shape index (κ3) is 6.36. The van der Waals surface area contributed by atoms with Crippen molar-refractivity contribution in [1.82, 2.24) is 15.0 Å². The highest BCUT2D eigenvalue weighted by atomic mass is 16.5. The highest BCUT2D eigenvalue weighted by Gasteiger charge is 2.14. The Hall–Kier alpha value is -3.28. The lowest BCUT2D eigenvalue weighted by molar-refractivity contribution is 0.0458. The molecule has 1 aliphatic rings. The number of hydrogen-bond acceptors (Lipinski definition) is 6. The molecule has 1 unspecified atom stereocenters. The minimum Gasteiger partial charge on any atom is -0.494 e. The van der Waals surface area contributed by atoms with Crippen molar-refractivity contribution in [2.75, 3.05) is 13.2 Å². The van der Waals surface area contributed by atoms with Gasteiger partial charge < -0.3 is 9.47 Å². The Labute approximate surface area is 190 Å². The molecule has 32 heavy (non-hydrogen) atoms. The first-order valence-corrected chi connectivity index (χ1v) is 11.2. The molecule has 0 N–H and O–H groups in total. The van der Waals surface area contributed by atoms with E-state index >= 15 is 0 Å². The van der Waals surface area contributed by atoms with Gasteiger partial charge in [-0.05, 0) is 48.5 Å². The van der Waals surface area contributed by atoms with Crippen molar-refractivity contribution in [1.29, 1.82) is 0 Å². The second kappa shape index (κ2) is 11.4. The molecule has 0 aromatic carbocycles. The molecule has 6 nitrogen and oxygen atoms in total. The molecular formula is C26H31N3O3. The van der Waals surface area contributed by atoms with E-state index in [4.69, 9.17) is 9.47 Å². The zero-order valence-electron chi connectivity index (χ0n) is 19.2. The summed E-state index contributed by atoms with van der Waals surface area (Å²) in [6.45, 7) is 9.14. The van der Waals surface area contributed by atoms with Crippen molar-refractivity contribution >= 4 is 5.97 Å². The molecule has 0 saturated heterocycles. The van der Waals surface area contributed by atoms with Gasteiger partial charge in [0.1, 0.15) is 5.76 Å². The normalized spacial score (nSPS) is 15.7. The molecule has 0 spiro atoms. The number of pyridine rings is 1. The first-order valence-electron chi connectivity index (χ1n) is 11.2. The quantitative estimate of drug-likeness (QED) is 0.497. The molecule has 0 bridgehead atoms. The number of aromatic nitrogens is 3. The number of rotatable bonds is 9. The lowest BCUT2D eigenvalue weighted by Gasteiger charge is -2.14. The van der Waals surface area contributed by atoms with E-state index in [1.165, 1.54) is 12.4 Å². The summed E-state index contributed by atoms with van der Waals surface area (Å²) in [7, 11) is 0. The Morgan fingerprint density at radius 3 is 2.59 bits per heavy atom. The van der Waals surface area contributed by atoms with Crippen LogP contribution in [-0.2, 0) is 15.9 Å². The van der Waals surface area contributed by atoms with Gasteiger partial charge in [0.25, 0.3) is 0 Å². The highest BCUT2D eigenvalue weighted by molar-refractivity contribution is 5.88. The van der Waals surface area contributed by atoms with Crippen molar-refractivity contribution in [3.8, 4) is 11.4 Å². The van der Waals surface area contributed by atoms with Gasteiger partial charge >= 0.3 is 5.97 Å². The van der Waals surface area contributed by atoms with Crippen LogP contribution in [0.3, 0.4) is 0 Å². The minimum atomic E-state index is -0.410. The van der Waals surface area contributed by atoms with Crippen LogP contribution in [-0.4, -0.2) is 34.1 Å². The van der Waals surface area contributed by atoms with Gasteiger partial charge in [0, 0.05) is 36.8 Å². The zero-order chi connectivity index (χ0) is 22.9. The molecular weight excluding hydrogens is 402 g/mol. The Balaban J connectivity index is 1.78. The van der Waals surface area contributed by atoms with Gasteiger partial charge in [0.2, 0.25) is 0 Å². The molecule has 0 radical (unpaired) electrons. The largest absolute Gasteiger partial charge is 0.494 e. The molecule has 0 fully saturated rings. The molecule has 6 heteroatoms. The fraction of sp³-hybridized carbons (Fsp3) is 0.385. The van der Waals surface area contributed by atoms with E-state index in [-0.39, 0.29) is 5.92 Å². The van der Waals surface area contributed by atoms with E-state index in [0.717, 1.165) is 28.9 Å². The van der Waals surface area contributed by atoms with Crippen molar-refractivity contribution in [2.45, 2.75) is 40.5 Å². The maximum atomic E-state index is 12.1. The molecule has 1 aliphatic carbocycles. The second-order valence-corrected chi connectivity index (χ2v) is 8.16. The summed E-state index contributed by atoms with van der Waals surface area (Å²) in [5.74, 6) is 1.65. The Morgan fingerprint density at radius 2 is 1.91 bits per heavy atom. The van der Waals surface area contributed by atoms with Crippen LogP contribution < -0.4 is 0 Å². The molecule has 1 atom stereocenters. The number of esters is 1. The van der Waals surface area contributed by atoms with Crippen molar-refractivity contribution < 1.29 is 14.3 Å². The number of carbonyl (C=O) groups is 1. The van der Waals surface area contributed by atoms with Crippen molar-refractivity contribution in [3.05, 3.63) is 77.6 Å². The molecule has 2 aromatic heterocycles. The third-order valence-electron chi connectivity index (χ3n) is 4.99. The van der Waals surface area contributed by atoms with E-state index < -0.39 is 5.97 Å². The smallest absolute Gasteiger partial charge is 0.341 e. The summed E-state index contributed by atoms with van der Waals surface area (Å²) in [6.07, 6.45) is 16.9. The van der Waals surface area contributed by atoms with Crippen molar-refractivity contribution in [2.24, 2.45) is 11.8 Å². The summed E-state index contributed by atoms with van der Waals surface area (Å²) < 4.78 is 11.1. The minimum absolute atomic E-state index is 0.276. The predicted octanol–water partition coefficient (Wildman–Crippen LogP) is 5.34. The second-order valence-electron chi connectivity index (χ2n) is 8.16. The predicted molar refractivity (Wildman–Crippen MR) is 125 cm³/mol. The van der Waals surface area contributed by atoms with E-state index in [2.05, 4.69) is 40.1 Å². The number of hydrogen-bond donors (Lipinski definition) is 0. The monoisotopic (exact) mass is 433 g/mol. The lowest BCUT2D eigenvalue weighted by atomic mass is 9.98. The van der Waals surface area contributed by atoms with E-state index in [1.54, 1.807) is 6.20 Å². The number of ether oxygens (including phenoxy) is 2. The van der Waals surface area contributed by atoms with Gasteiger partial charge in [-0.25, -0.2) is 14.8 Å². The van der Waals surface area contributed by atoms with Crippen LogP contribution in [0.1, 0.15) is 50.0 Å². The maximum absolute atomic E-state index is 12.1. The molecule has 0 amide bonds. The average molecular weight is 434 g/mol. The van der Waals surface area contributed by atoms with E-state index in [1.807, 2.05) is 39.1 Å². The van der Waals surface area contributed by atoms with Gasteiger partial charge in [0.05, 0.1) is 18.8 Å². The molecule has 3 rings (SSSR count). The fourth-order valence-electron chi connectivity index (χ4n) is 3.32. The first kappa shape index (κ1) is 23.4. The van der Waals surface area contributed by atoms with Gasteiger partial charge in [-0.1, -0.05) is 39.0 Å². The number of nitrogens with zero attached hydrogens (tertiary/aromatic N) is 3. The summed E-state index contributed by atoms with van der Waals surface area (Å²) in [5.41, 5.74) is 3.32. The molecule has 2 heterocycles. The third-order valence-corrected chi connectivity index (χ3v) is 4.99. The SMILES string of the molecule is CCOC1=CC=CC(CC)C=C1Cc1cncc(-c2ncc(C(=O)OCC(C)C)cn2)c1. The Bertz CT molecular complexity index is 1010. The van der Waals surface area contributed by atoms with Gasteiger partial charge in [-0.3, -0.25) is 4.98 Å². The molecule has 0 saturated carbocycles. The first-order chi connectivity index (χ1) is 15.5. The summed E-state index contributed by atoms with van der Waals surface area (Å²) >= 11 is 0. The lowest BCUT2D eigenvalue weighted by Crippen LogP contribution is -2.11. The van der Waals surface area contributed by atoms with E-state index in [0.29, 0.717) is 36.9 Å². The van der Waals surface area contributed by atoms with E-state index in [9.17, 15) is 4.79 Å². The van der Waals surface area contributed by atoms with Crippen LogP contribution >= 0.6 is 0 Å². The van der Waals surface area contributed by atoms with Crippen LogP contribution in [0.25, 0.3) is 11.4 Å². The van der Waals surface area contributed by atoms with Crippen LogP contribution in [0.4, 0.5) is 0 Å². The zero-order valence-corrected chi connectivity index (χ0v) is 19.2.